The molecule has 0 unspecified atom stereocenters. The second kappa shape index (κ2) is 7.81. The molecule has 0 saturated heterocycles. The summed E-state index contributed by atoms with van der Waals surface area (Å²) in [5.74, 6) is -0.507. The lowest BCUT2D eigenvalue weighted by Crippen LogP contribution is -2.24. The summed E-state index contributed by atoms with van der Waals surface area (Å²) >= 11 is 0. The minimum Gasteiger partial charge on any atom is -0.409 e. The molecule has 0 spiro atoms. The van der Waals surface area contributed by atoms with Gasteiger partial charge in [0, 0.05) is 18.7 Å². The van der Waals surface area contributed by atoms with Gasteiger partial charge in [-0.2, -0.15) is 0 Å². The fourth-order valence-corrected chi connectivity index (χ4v) is 1.78. The van der Waals surface area contributed by atoms with Crippen LogP contribution in [0.4, 0.5) is 4.39 Å². The molecular formula is C14H22FN3O2. The fourth-order valence-electron chi connectivity index (χ4n) is 1.78. The van der Waals surface area contributed by atoms with Crippen LogP contribution in [0, 0.1) is 5.82 Å². The molecule has 0 aliphatic rings. The lowest BCUT2D eigenvalue weighted by atomic mass is 10.1. The van der Waals surface area contributed by atoms with Crippen LogP contribution in [-0.2, 0) is 11.3 Å². The summed E-state index contributed by atoms with van der Waals surface area (Å²) in [6.45, 7) is 5.89. The van der Waals surface area contributed by atoms with E-state index in [-0.39, 0.29) is 11.9 Å². The van der Waals surface area contributed by atoms with Gasteiger partial charge in [-0.15, -0.1) is 0 Å². The maximum atomic E-state index is 13.5. The van der Waals surface area contributed by atoms with E-state index in [1.165, 1.54) is 12.1 Å². The van der Waals surface area contributed by atoms with Crippen molar-refractivity contribution in [1.82, 2.24) is 4.90 Å². The maximum Gasteiger partial charge on any atom is 0.170 e. The van der Waals surface area contributed by atoms with E-state index in [4.69, 9.17) is 15.7 Å². The third-order valence-corrected chi connectivity index (χ3v) is 2.74. The standard InChI is InChI=1S/C14H22FN3O2/c1-10(2)20-5-4-18(3)9-11-6-12(14(16)17-19)8-13(15)7-11/h6-8,10,19H,4-5,9H2,1-3H3,(H2,16,17). The molecule has 0 atom stereocenters. The number of ether oxygens (including phenoxy) is 1. The van der Waals surface area contributed by atoms with E-state index in [0.29, 0.717) is 18.7 Å². The lowest BCUT2D eigenvalue weighted by Gasteiger charge is -2.18. The number of oxime groups is 1. The second-order valence-electron chi connectivity index (χ2n) is 4.99. The number of hydrogen-bond acceptors (Lipinski definition) is 4. The number of hydrogen-bond donors (Lipinski definition) is 2. The van der Waals surface area contributed by atoms with Crippen molar-refractivity contribution in [2.24, 2.45) is 10.9 Å². The van der Waals surface area contributed by atoms with Gasteiger partial charge >= 0.3 is 0 Å². The van der Waals surface area contributed by atoms with Gasteiger partial charge in [0.25, 0.3) is 0 Å². The van der Waals surface area contributed by atoms with Crippen LogP contribution in [0.3, 0.4) is 0 Å². The lowest BCUT2D eigenvalue weighted by molar-refractivity contribution is 0.0627. The van der Waals surface area contributed by atoms with Gasteiger partial charge in [-0.1, -0.05) is 5.16 Å². The molecule has 20 heavy (non-hydrogen) atoms. The predicted octanol–water partition coefficient (Wildman–Crippen LogP) is 1.78. The van der Waals surface area contributed by atoms with E-state index < -0.39 is 5.82 Å². The molecule has 3 N–H and O–H groups in total. The van der Waals surface area contributed by atoms with Crippen LogP contribution in [0.15, 0.2) is 23.4 Å². The average molecular weight is 283 g/mol. The summed E-state index contributed by atoms with van der Waals surface area (Å²) in [7, 11) is 1.93. The highest BCUT2D eigenvalue weighted by Crippen LogP contribution is 2.11. The SMILES string of the molecule is CC(C)OCCN(C)Cc1cc(F)cc(/C(N)=N/O)c1. The Morgan fingerprint density at radius 3 is 2.75 bits per heavy atom. The van der Waals surface area contributed by atoms with Gasteiger partial charge in [-0.25, -0.2) is 4.39 Å². The zero-order chi connectivity index (χ0) is 15.1. The first-order valence-corrected chi connectivity index (χ1v) is 6.50. The summed E-state index contributed by atoms with van der Waals surface area (Å²) in [4.78, 5) is 2.02. The van der Waals surface area contributed by atoms with Crippen molar-refractivity contribution in [1.29, 1.82) is 0 Å². The van der Waals surface area contributed by atoms with Gasteiger partial charge in [-0.3, -0.25) is 4.90 Å². The molecule has 0 amide bonds. The molecule has 0 heterocycles. The summed E-state index contributed by atoms with van der Waals surface area (Å²) in [6.07, 6.45) is 0.199. The smallest absolute Gasteiger partial charge is 0.170 e. The topological polar surface area (TPSA) is 71.1 Å². The van der Waals surface area contributed by atoms with Crippen molar-refractivity contribution in [3.8, 4) is 0 Å². The first kappa shape index (κ1) is 16.4. The largest absolute Gasteiger partial charge is 0.409 e. The van der Waals surface area contributed by atoms with Gasteiger partial charge in [0.1, 0.15) is 5.82 Å². The third-order valence-electron chi connectivity index (χ3n) is 2.74. The molecule has 1 aromatic rings. The normalized spacial score (nSPS) is 12.4. The van der Waals surface area contributed by atoms with Gasteiger partial charge in [-0.05, 0) is 44.7 Å². The minimum atomic E-state index is -0.407. The molecule has 0 fully saturated rings. The Morgan fingerprint density at radius 2 is 2.15 bits per heavy atom. The summed E-state index contributed by atoms with van der Waals surface area (Å²) in [5, 5.41) is 11.5. The molecular weight excluding hydrogens is 261 g/mol. The number of amidine groups is 1. The van der Waals surface area contributed by atoms with Gasteiger partial charge in [0.2, 0.25) is 0 Å². The number of rotatable bonds is 7. The van der Waals surface area contributed by atoms with E-state index in [2.05, 4.69) is 5.16 Å². The van der Waals surface area contributed by atoms with Crippen molar-refractivity contribution < 1.29 is 14.3 Å². The number of nitrogens with two attached hydrogens (primary N) is 1. The van der Waals surface area contributed by atoms with Crippen molar-refractivity contribution >= 4 is 5.84 Å². The number of nitrogens with zero attached hydrogens (tertiary/aromatic N) is 2. The van der Waals surface area contributed by atoms with Gasteiger partial charge in [0.05, 0.1) is 12.7 Å². The van der Waals surface area contributed by atoms with Crippen LogP contribution in [0.5, 0.6) is 0 Å². The Kier molecular flexibility index (Phi) is 6.41. The quantitative estimate of drug-likeness (QED) is 0.346. The van der Waals surface area contributed by atoms with Crippen LogP contribution in [0.1, 0.15) is 25.0 Å². The van der Waals surface area contributed by atoms with Crippen molar-refractivity contribution in [3.05, 3.63) is 35.1 Å². The minimum absolute atomic E-state index is 0.100. The van der Waals surface area contributed by atoms with E-state index in [9.17, 15) is 4.39 Å². The monoisotopic (exact) mass is 283 g/mol. The highest BCUT2D eigenvalue weighted by molar-refractivity contribution is 5.97. The zero-order valence-electron chi connectivity index (χ0n) is 12.1. The van der Waals surface area contributed by atoms with E-state index in [0.717, 1.165) is 12.1 Å². The van der Waals surface area contributed by atoms with E-state index in [1.807, 2.05) is 25.8 Å². The van der Waals surface area contributed by atoms with E-state index >= 15 is 0 Å². The molecule has 0 bridgehead atoms. The fraction of sp³-hybridized carbons (Fsp3) is 0.500. The number of halogens is 1. The van der Waals surface area contributed by atoms with Crippen molar-refractivity contribution in [3.63, 3.8) is 0 Å². The van der Waals surface area contributed by atoms with Crippen molar-refractivity contribution in [2.75, 3.05) is 20.2 Å². The van der Waals surface area contributed by atoms with Gasteiger partial charge < -0.3 is 15.7 Å². The van der Waals surface area contributed by atoms with Crippen LogP contribution in [-0.4, -0.2) is 42.2 Å². The Hall–Kier alpha value is -1.66. The molecule has 0 aliphatic heterocycles. The molecule has 112 valence electrons. The van der Waals surface area contributed by atoms with E-state index in [1.54, 1.807) is 6.07 Å². The summed E-state index contributed by atoms with van der Waals surface area (Å²) in [6, 6.07) is 4.38. The number of benzene rings is 1. The molecule has 1 aromatic carbocycles. The Labute approximate surface area is 118 Å². The average Bonchev–Trinajstić information content (AvgIpc) is 2.36. The van der Waals surface area contributed by atoms with Crippen molar-refractivity contribution in [2.45, 2.75) is 26.5 Å². The third kappa shape index (κ3) is 5.54. The first-order valence-electron chi connectivity index (χ1n) is 6.50. The molecule has 0 aliphatic carbocycles. The Bertz CT molecular complexity index is 464. The molecule has 0 saturated carbocycles. The summed E-state index contributed by atoms with van der Waals surface area (Å²) in [5.41, 5.74) is 6.61. The zero-order valence-corrected chi connectivity index (χ0v) is 12.1. The summed E-state index contributed by atoms with van der Waals surface area (Å²) < 4.78 is 19.0. The second-order valence-corrected chi connectivity index (χ2v) is 4.99. The van der Waals surface area contributed by atoms with Gasteiger partial charge in [0.15, 0.2) is 5.84 Å². The Morgan fingerprint density at radius 1 is 1.45 bits per heavy atom. The Balaban J connectivity index is 2.65. The molecule has 0 radical (unpaired) electrons. The molecule has 0 aromatic heterocycles. The predicted molar refractivity (Wildman–Crippen MR) is 76.3 cm³/mol. The van der Waals surface area contributed by atoms with Crippen LogP contribution >= 0.6 is 0 Å². The first-order chi connectivity index (χ1) is 9.42. The highest BCUT2D eigenvalue weighted by atomic mass is 19.1. The van der Waals surface area contributed by atoms with Crippen LogP contribution < -0.4 is 5.73 Å². The van der Waals surface area contributed by atoms with Crippen LogP contribution in [0.25, 0.3) is 0 Å². The maximum absolute atomic E-state index is 13.5. The molecule has 6 heteroatoms. The number of likely N-dealkylation sites (N-methyl/N-ethyl adjacent to an activating group) is 1. The highest BCUT2D eigenvalue weighted by Gasteiger charge is 2.07. The molecule has 1 rings (SSSR count). The molecule has 5 nitrogen and oxygen atoms in total. The van der Waals surface area contributed by atoms with Crippen LogP contribution in [0.2, 0.25) is 0 Å².